The van der Waals surface area contributed by atoms with E-state index in [4.69, 9.17) is 5.11 Å². The van der Waals surface area contributed by atoms with Crippen LogP contribution in [0.2, 0.25) is 0 Å². The normalized spacial score (nSPS) is 15.0. The predicted octanol–water partition coefficient (Wildman–Crippen LogP) is 0.607. The quantitative estimate of drug-likeness (QED) is 0.520. The second-order valence-electron chi connectivity index (χ2n) is 1.87. The molecular formula is C5H12O2. The van der Waals surface area contributed by atoms with E-state index >= 15 is 0 Å². The molecule has 0 heterocycles. The third-order valence-electron chi connectivity index (χ3n) is 0.812. The number of rotatable bonds is 2. The zero-order valence-corrected chi connectivity index (χ0v) is 5.01. The minimum absolute atomic E-state index is 0.199. The SMILES string of the molecule is COC(O)C(C)C. The molecule has 0 aliphatic rings. The summed E-state index contributed by atoms with van der Waals surface area (Å²) < 4.78 is 4.57. The molecule has 0 radical (unpaired) electrons. The third-order valence-corrected chi connectivity index (χ3v) is 0.812. The molecule has 0 aliphatic heterocycles. The summed E-state index contributed by atoms with van der Waals surface area (Å²) >= 11 is 0. The van der Waals surface area contributed by atoms with Gasteiger partial charge in [-0.3, -0.25) is 0 Å². The van der Waals surface area contributed by atoms with Crippen molar-refractivity contribution in [3.63, 3.8) is 0 Å². The average molecular weight is 104 g/mol. The molecule has 0 aliphatic carbocycles. The monoisotopic (exact) mass is 104 g/mol. The lowest BCUT2D eigenvalue weighted by atomic mass is 10.2. The number of methoxy groups -OCH3 is 1. The van der Waals surface area contributed by atoms with E-state index in [-0.39, 0.29) is 5.92 Å². The highest BCUT2D eigenvalue weighted by atomic mass is 16.6. The highest BCUT2D eigenvalue weighted by Crippen LogP contribution is 1.98. The molecular weight excluding hydrogens is 92.1 g/mol. The van der Waals surface area contributed by atoms with Crippen molar-refractivity contribution in [2.24, 2.45) is 5.92 Å². The first-order chi connectivity index (χ1) is 3.18. The predicted molar refractivity (Wildman–Crippen MR) is 27.9 cm³/mol. The lowest BCUT2D eigenvalue weighted by Gasteiger charge is -2.10. The van der Waals surface area contributed by atoms with Crippen LogP contribution in [0, 0.1) is 5.92 Å². The summed E-state index contributed by atoms with van der Waals surface area (Å²) in [5.41, 5.74) is 0. The van der Waals surface area contributed by atoms with Crippen molar-refractivity contribution >= 4 is 0 Å². The number of ether oxygens (including phenoxy) is 1. The van der Waals surface area contributed by atoms with Gasteiger partial charge in [-0.2, -0.15) is 0 Å². The molecule has 2 heteroatoms. The van der Waals surface area contributed by atoms with Crippen LogP contribution >= 0.6 is 0 Å². The van der Waals surface area contributed by atoms with Crippen LogP contribution in [0.15, 0.2) is 0 Å². The number of aliphatic hydroxyl groups is 1. The van der Waals surface area contributed by atoms with Gasteiger partial charge in [0.05, 0.1) is 0 Å². The molecule has 2 nitrogen and oxygen atoms in total. The average Bonchev–Trinajstić information content (AvgIpc) is 1.65. The Morgan fingerprint density at radius 1 is 1.43 bits per heavy atom. The molecule has 0 rings (SSSR count). The summed E-state index contributed by atoms with van der Waals surface area (Å²) in [5.74, 6) is 0.199. The zero-order valence-electron chi connectivity index (χ0n) is 5.01. The Morgan fingerprint density at radius 2 is 1.86 bits per heavy atom. The standard InChI is InChI=1S/C5H12O2/c1-4(2)5(6)7-3/h4-6H,1-3H3. The molecule has 0 fully saturated rings. The van der Waals surface area contributed by atoms with Gasteiger partial charge in [-0.1, -0.05) is 13.8 Å². The maximum absolute atomic E-state index is 8.71. The van der Waals surface area contributed by atoms with Crippen molar-refractivity contribution in [2.45, 2.75) is 20.1 Å². The smallest absolute Gasteiger partial charge is 0.156 e. The van der Waals surface area contributed by atoms with Crippen LogP contribution in [-0.4, -0.2) is 18.5 Å². The first kappa shape index (κ1) is 6.92. The van der Waals surface area contributed by atoms with Crippen molar-refractivity contribution < 1.29 is 9.84 Å². The van der Waals surface area contributed by atoms with Gasteiger partial charge >= 0.3 is 0 Å². The Hall–Kier alpha value is -0.0800. The molecule has 0 spiro atoms. The Morgan fingerprint density at radius 3 is 1.86 bits per heavy atom. The molecule has 0 aromatic rings. The molecule has 0 saturated carbocycles. The maximum atomic E-state index is 8.71. The van der Waals surface area contributed by atoms with Gasteiger partial charge in [-0.15, -0.1) is 0 Å². The second-order valence-corrected chi connectivity index (χ2v) is 1.87. The summed E-state index contributed by atoms with van der Waals surface area (Å²) in [6, 6.07) is 0. The van der Waals surface area contributed by atoms with E-state index in [0.717, 1.165) is 0 Å². The fourth-order valence-corrected chi connectivity index (χ4v) is 0.272. The summed E-state index contributed by atoms with van der Waals surface area (Å²) in [4.78, 5) is 0. The van der Waals surface area contributed by atoms with Crippen molar-refractivity contribution in [1.29, 1.82) is 0 Å². The van der Waals surface area contributed by atoms with E-state index in [2.05, 4.69) is 4.74 Å². The van der Waals surface area contributed by atoms with Crippen molar-refractivity contribution in [2.75, 3.05) is 7.11 Å². The lowest BCUT2D eigenvalue weighted by molar-refractivity contribution is -0.103. The van der Waals surface area contributed by atoms with Gasteiger partial charge in [0.25, 0.3) is 0 Å². The highest BCUT2D eigenvalue weighted by molar-refractivity contribution is 4.43. The molecule has 1 N–H and O–H groups in total. The van der Waals surface area contributed by atoms with Gasteiger partial charge < -0.3 is 9.84 Å². The lowest BCUT2D eigenvalue weighted by Crippen LogP contribution is -2.15. The summed E-state index contributed by atoms with van der Waals surface area (Å²) in [5, 5.41) is 8.71. The van der Waals surface area contributed by atoms with E-state index in [0.29, 0.717) is 0 Å². The van der Waals surface area contributed by atoms with Gasteiger partial charge in [-0.05, 0) is 0 Å². The fourth-order valence-electron chi connectivity index (χ4n) is 0.272. The van der Waals surface area contributed by atoms with Gasteiger partial charge in [0, 0.05) is 13.0 Å². The molecule has 7 heavy (non-hydrogen) atoms. The van der Waals surface area contributed by atoms with E-state index in [1.807, 2.05) is 13.8 Å². The Labute approximate surface area is 44.1 Å². The molecule has 0 aromatic carbocycles. The van der Waals surface area contributed by atoms with Gasteiger partial charge in [0.1, 0.15) is 0 Å². The fraction of sp³-hybridized carbons (Fsp3) is 1.00. The molecule has 44 valence electrons. The number of aliphatic hydroxyl groups excluding tert-OH is 1. The highest BCUT2D eigenvalue weighted by Gasteiger charge is 2.04. The summed E-state index contributed by atoms with van der Waals surface area (Å²) in [7, 11) is 1.49. The topological polar surface area (TPSA) is 29.5 Å². The van der Waals surface area contributed by atoms with Crippen LogP contribution in [0.4, 0.5) is 0 Å². The van der Waals surface area contributed by atoms with E-state index in [1.54, 1.807) is 0 Å². The summed E-state index contributed by atoms with van der Waals surface area (Å²) in [6.07, 6.45) is -0.597. The number of hydrogen-bond donors (Lipinski definition) is 1. The maximum Gasteiger partial charge on any atom is 0.156 e. The second kappa shape index (κ2) is 2.99. The van der Waals surface area contributed by atoms with Crippen LogP contribution in [0.3, 0.4) is 0 Å². The first-order valence-electron chi connectivity index (χ1n) is 2.39. The van der Waals surface area contributed by atoms with Crippen molar-refractivity contribution in [3.8, 4) is 0 Å². The molecule has 0 aromatic heterocycles. The van der Waals surface area contributed by atoms with Crippen molar-refractivity contribution in [1.82, 2.24) is 0 Å². The van der Waals surface area contributed by atoms with Gasteiger partial charge in [0.2, 0.25) is 0 Å². The minimum atomic E-state index is -0.597. The zero-order chi connectivity index (χ0) is 5.86. The Bertz CT molecular complexity index is 43.3. The van der Waals surface area contributed by atoms with Crippen LogP contribution in [0.5, 0.6) is 0 Å². The van der Waals surface area contributed by atoms with Gasteiger partial charge in [-0.25, -0.2) is 0 Å². The van der Waals surface area contributed by atoms with Crippen LogP contribution in [-0.2, 0) is 4.74 Å². The Kier molecular flexibility index (Phi) is 2.96. The number of hydrogen-bond acceptors (Lipinski definition) is 2. The van der Waals surface area contributed by atoms with E-state index < -0.39 is 6.29 Å². The molecule has 1 atom stereocenters. The third kappa shape index (κ3) is 2.60. The molecule has 0 amide bonds. The molecule has 0 saturated heterocycles. The van der Waals surface area contributed by atoms with E-state index in [9.17, 15) is 0 Å². The largest absolute Gasteiger partial charge is 0.368 e. The van der Waals surface area contributed by atoms with Crippen LogP contribution < -0.4 is 0 Å². The van der Waals surface area contributed by atoms with E-state index in [1.165, 1.54) is 7.11 Å². The van der Waals surface area contributed by atoms with Crippen LogP contribution in [0.25, 0.3) is 0 Å². The molecule has 1 unspecified atom stereocenters. The van der Waals surface area contributed by atoms with Gasteiger partial charge in [0.15, 0.2) is 6.29 Å². The molecule has 0 bridgehead atoms. The minimum Gasteiger partial charge on any atom is -0.368 e. The Balaban J connectivity index is 3.14. The summed E-state index contributed by atoms with van der Waals surface area (Å²) in [6.45, 7) is 3.79. The van der Waals surface area contributed by atoms with Crippen molar-refractivity contribution in [3.05, 3.63) is 0 Å². The van der Waals surface area contributed by atoms with Crippen LogP contribution in [0.1, 0.15) is 13.8 Å². The first-order valence-corrected chi connectivity index (χ1v) is 2.39.